The number of rotatable bonds is 9. The first-order valence-corrected chi connectivity index (χ1v) is 10.3. The molecule has 0 aliphatic heterocycles. The van der Waals surface area contributed by atoms with Crippen LogP contribution in [-0.2, 0) is 14.2 Å². The summed E-state index contributed by atoms with van der Waals surface area (Å²) in [6.45, 7) is 10.8. The zero-order valence-corrected chi connectivity index (χ0v) is 19.6. The van der Waals surface area contributed by atoms with Crippen LogP contribution in [0.1, 0.15) is 58.2 Å². The van der Waals surface area contributed by atoms with Crippen molar-refractivity contribution in [2.75, 3.05) is 19.8 Å². The zero-order chi connectivity index (χ0) is 24.8. The molecule has 0 bridgehead atoms. The Hall–Kier alpha value is -3.96. The summed E-state index contributed by atoms with van der Waals surface area (Å²) in [5.41, 5.74) is 10.3. The second kappa shape index (κ2) is 14.2. The van der Waals surface area contributed by atoms with Crippen molar-refractivity contribution in [3.05, 3.63) is 34.9 Å². The van der Waals surface area contributed by atoms with E-state index in [1.165, 1.54) is 0 Å². The largest absolute Gasteiger partial charge is 0.449 e. The van der Waals surface area contributed by atoms with Crippen LogP contribution in [0.3, 0.4) is 0 Å². The van der Waals surface area contributed by atoms with Crippen LogP contribution in [0.4, 0.5) is 14.4 Å². The first-order chi connectivity index (χ1) is 15.7. The van der Waals surface area contributed by atoms with Crippen LogP contribution in [0.2, 0.25) is 0 Å². The summed E-state index contributed by atoms with van der Waals surface area (Å²) < 4.78 is 14.4. The predicted molar refractivity (Wildman–Crippen MR) is 124 cm³/mol. The van der Waals surface area contributed by atoms with E-state index in [1.807, 2.05) is 0 Å². The quantitative estimate of drug-likeness (QED) is 0.291. The highest BCUT2D eigenvalue weighted by Crippen LogP contribution is 2.14. The zero-order valence-electron chi connectivity index (χ0n) is 19.6. The highest BCUT2D eigenvalue weighted by molar-refractivity contribution is 6.08. The number of benzene rings is 1. The van der Waals surface area contributed by atoms with Crippen molar-refractivity contribution >= 4 is 35.4 Å². The molecule has 0 aliphatic rings. The molecule has 0 fully saturated rings. The van der Waals surface area contributed by atoms with Crippen LogP contribution in [0.25, 0.3) is 0 Å². The van der Waals surface area contributed by atoms with Gasteiger partial charge in [0.25, 0.3) is 0 Å². The normalized spacial score (nSPS) is 12.0. The van der Waals surface area contributed by atoms with E-state index < -0.39 is 18.3 Å². The van der Waals surface area contributed by atoms with Crippen LogP contribution < -0.4 is 16.3 Å². The third-order valence-electron chi connectivity index (χ3n) is 3.96. The van der Waals surface area contributed by atoms with Gasteiger partial charge in [-0.05, 0) is 76.4 Å². The van der Waals surface area contributed by atoms with Crippen LogP contribution in [0.15, 0.2) is 33.5 Å². The van der Waals surface area contributed by atoms with Gasteiger partial charge in [-0.2, -0.15) is 15.3 Å². The highest BCUT2D eigenvalue weighted by atomic mass is 16.6. The lowest BCUT2D eigenvalue weighted by molar-refractivity contribution is 0.151. The Morgan fingerprint density at radius 3 is 1.06 bits per heavy atom. The number of nitrogens with one attached hydrogen (secondary N) is 3. The molecule has 0 aromatic heterocycles. The second-order valence-corrected chi connectivity index (χ2v) is 6.39. The fraction of sp³-hybridized carbons (Fsp3) is 0.429. The van der Waals surface area contributed by atoms with Crippen molar-refractivity contribution in [3.63, 3.8) is 0 Å². The fourth-order valence-electron chi connectivity index (χ4n) is 2.33. The molecule has 0 spiro atoms. The lowest BCUT2D eigenvalue weighted by Gasteiger charge is -2.11. The molecule has 3 N–H and O–H groups in total. The van der Waals surface area contributed by atoms with Gasteiger partial charge in [0, 0.05) is 0 Å². The number of hydrogen-bond acceptors (Lipinski definition) is 9. The van der Waals surface area contributed by atoms with Crippen LogP contribution in [0, 0.1) is 0 Å². The van der Waals surface area contributed by atoms with E-state index in [-0.39, 0.29) is 19.8 Å². The average Bonchev–Trinajstić information content (AvgIpc) is 2.79. The molecule has 12 nitrogen and oxygen atoms in total. The molecule has 0 saturated carbocycles. The molecule has 3 amide bonds. The minimum atomic E-state index is -0.680. The predicted octanol–water partition coefficient (Wildman–Crippen LogP) is 3.10. The summed E-state index contributed by atoms with van der Waals surface area (Å²) >= 11 is 0. The van der Waals surface area contributed by atoms with E-state index in [4.69, 9.17) is 14.2 Å². The summed E-state index contributed by atoms with van der Waals surface area (Å²) in [5, 5.41) is 12.1. The minimum Gasteiger partial charge on any atom is -0.449 e. The number of carbonyl (C=O) groups is 3. The maximum absolute atomic E-state index is 11.6. The molecule has 12 heteroatoms. The van der Waals surface area contributed by atoms with Gasteiger partial charge in [0.2, 0.25) is 0 Å². The van der Waals surface area contributed by atoms with Crippen LogP contribution in [-0.4, -0.2) is 55.2 Å². The van der Waals surface area contributed by atoms with Gasteiger partial charge in [-0.1, -0.05) is 0 Å². The Balaban J connectivity index is 3.32. The Labute approximate surface area is 192 Å². The van der Waals surface area contributed by atoms with Crippen molar-refractivity contribution in [3.8, 4) is 0 Å². The van der Waals surface area contributed by atoms with Gasteiger partial charge in [0.1, 0.15) is 0 Å². The van der Waals surface area contributed by atoms with E-state index in [2.05, 4.69) is 31.6 Å². The Morgan fingerprint density at radius 1 is 0.606 bits per heavy atom. The molecule has 1 rings (SSSR count). The first-order valence-electron chi connectivity index (χ1n) is 10.3. The monoisotopic (exact) mass is 462 g/mol. The Morgan fingerprint density at radius 2 is 0.848 bits per heavy atom. The number of ether oxygens (including phenoxy) is 3. The Kier molecular flexibility index (Phi) is 11.6. The first kappa shape index (κ1) is 27.1. The summed E-state index contributed by atoms with van der Waals surface area (Å²) in [6, 6.07) is 5.31. The number of amides is 3. The van der Waals surface area contributed by atoms with Crippen molar-refractivity contribution in [2.24, 2.45) is 15.3 Å². The fourth-order valence-corrected chi connectivity index (χ4v) is 2.33. The Bertz CT molecular complexity index is 810. The summed E-state index contributed by atoms with van der Waals surface area (Å²) in [6.07, 6.45) is -2.04. The van der Waals surface area contributed by atoms with Gasteiger partial charge in [-0.25, -0.2) is 30.7 Å². The highest BCUT2D eigenvalue weighted by Gasteiger charge is 2.11. The maximum atomic E-state index is 11.6. The van der Waals surface area contributed by atoms with Crippen molar-refractivity contribution < 1.29 is 28.6 Å². The van der Waals surface area contributed by atoms with Crippen molar-refractivity contribution in [2.45, 2.75) is 41.5 Å². The molecule has 0 heterocycles. The van der Waals surface area contributed by atoms with Gasteiger partial charge >= 0.3 is 18.3 Å². The average molecular weight is 463 g/mol. The third kappa shape index (κ3) is 9.80. The molecule has 0 aliphatic carbocycles. The van der Waals surface area contributed by atoms with Gasteiger partial charge < -0.3 is 14.2 Å². The molecule has 0 saturated heterocycles. The molecular weight excluding hydrogens is 432 g/mol. The van der Waals surface area contributed by atoms with E-state index in [0.717, 1.165) is 0 Å². The number of carbonyl (C=O) groups excluding carboxylic acids is 3. The molecule has 180 valence electrons. The topological polar surface area (TPSA) is 152 Å². The van der Waals surface area contributed by atoms with Crippen molar-refractivity contribution in [1.29, 1.82) is 0 Å². The molecule has 0 unspecified atom stereocenters. The number of hydrogen-bond donors (Lipinski definition) is 3. The molecule has 1 aromatic rings. The SMILES string of the molecule is CCOC(=O)N/N=C(\C)c1cc(/C(C)=N/NC(=O)OCC)cc(/C(C)=N/NC(=O)OCC)c1. The van der Waals surface area contributed by atoms with Gasteiger partial charge in [0.15, 0.2) is 0 Å². The molecule has 1 aromatic carbocycles. The molecule has 0 radical (unpaired) electrons. The van der Waals surface area contributed by atoms with Gasteiger partial charge in [-0.15, -0.1) is 0 Å². The van der Waals surface area contributed by atoms with Gasteiger partial charge in [-0.3, -0.25) is 0 Å². The minimum absolute atomic E-state index is 0.215. The smallest absolute Gasteiger partial charge is 0.427 e. The van der Waals surface area contributed by atoms with Crippen LogP contribution >= 0.6 is 0 Å². The lowest BCUT2D eigenvalue weighted by Crippen LogP contribution is -2.22. The maximum Gasteiger partial charge on any atom is 0.427 e. The molecular formula is C21H30N6O6. The van der Waals surface area contributed by atoms with Crippen LogP contribution in [0.5, 0.6) is 0 Å². The summed E-state index contributed by atoms with van der Waals surface area (Å²) in [5.74, 6) is 0. The standard InChI is InChI=1S/C21H30N6O6/c1-7-31-19(28)25-22-13(4)16-10-17(14(5)23-26-20(29)32-8-2)12-18(11-16)15(6)24-27-21(30)33-9-3/h10-12H,7-9H2,1-6H3,(H,25,28)(H,26,29)(H,27,30)/b22-13+,23-14+,24-15+. The molecule has 33 heavy (non-hydrogen) atoms. The third-order valence-corrected chi connectivity index (χ3v) is 3.96. The molecule has 0 atom stereocenters. The van der Waals surface area contributed by atoms with Gasteiger partial charge in [0.05, 0.1) is 37.0 Å². The number of hydrazone groups is 3. The lowest BCUT2D eigenvalue weighted by atomic mass is 9.98. The summed E-state index contributed by atoms with van der Waals surface area (Å²) in [4.78, 5) is 34.7. The second-order valence-electron chi connectivity index (χ2n) is 6.39. The van der Waals surface area contributed by atoms with E-state index in [1.54, 1.807) is 59.7 Å². The van der Waals surface area contributed by atoms with E-state index in [9.17, 15) is 14.4 Å². The number of nitrogens with zero attached hydrogens (tertiary/aromatic N) is 3. The summed E-state index contributed by atoms with van der Waals surface area (Å²) in [7, 11) is 0. The van der Waals surface area contributed by atoms with E-state index >= 15 is 0 Å². The van der Waals surface area contributed by atoms with Crippen molar-refractivity contribution in [1.82, 2.24) is 16.3 Å². The van der Waals surface area contributed by atoms with E-state index in [0.29, 0.717) is 33.8 Å².